The van der Waals surface area contributed by atoms with Crippen molar-refractivity contribution in [3.05, 3.63) is 34.9 Å². The molecule has 0 aliphatic carbocycles. The minimum atomic E-state index is 0.522. The lowest BCUT2D eigenvalue weighted by Crippen LogP contribution is -2.14. The van der Waals surface area contributed by atoms with E-state index in [-0.39, 0.29) is 0 Å². The number of hydrogen-bond donors (Lipinski definition) is 1. The van der Waals surface area contributed by atoms with Gasteiger partial charge in [0.15, 0.2) is 0 Å². The number of nitrogens with one attached hydrogen (secondary N) is 1. The highest BCUT2D eigenvalue weighted by Gasteiger charge is 2.03. The van der Waals surface area contributed by atoms with Crippen molar-refractivity contribution in [3.63, 3.8) is 0 Å². The van der Waals surface area contributed by atoms with E-state index in [1.54, 1.807) is 0 Å². The van der Waals surface area contributed by atoms with Gasteiger partial charge in [0, 0.05) is 11.6 Å². The number of likely N-dealkylation sites (N-methyl/N-ethyl adjacent to an activating group) is 1. The third-order valence-electron chi connectivity index (χ3n) is 1.93. The highest BCUT2D eigenvalue weighted by Crippen LogP contribution is 2.18. The molecule has 66 valence electrons. The van der Waals surface area contributed by atoms with Crippen molar-refractivity contribution >= 4 is 11.6 Å². The van der Waals surface area contributed by atoms with E-state index in [2.05, 4.69) is 18.3 Å². The molecular weight excluding hydrogens is 170 g/mol. The normalized spacial score (nSPS) is 12.9. The molecule has 1 aromatic carbocycles. The molecule has 1 N–H and O–H groups in total. The van der Waals surface area contributed by atoms with Crippen molar-refractivity contribution in [2.24, 2.45) is 0 Å². The highest BCUT2D eigenvalue weighted by atomic mass is 35.5. The quantitative estimate of drug-likeness (QED) is 0.760. The summed E-state index contributed by atoms with van der Waals surface area (Å²) in [7, 11) is 1.96. The Kier molecular flexibility index (Phi) is 3.57. The van der Waals surface area contributed by atoms with Crippen molar-refractivity contribution in [1.82, 2.24) is 5.32 Å². The van der Waals surface area contributed by atoms with Crippen LogP contribution in [0.1, 0.15) is 18.4 Å². The van der Waals surface area contributed by atoms with Crippen LogP contribution in [0.25, 0.3) is 0 Å². The summed E-state index contributed by atoms with van der Waals surface area (Å²) in [5.41, 5.74) is 1.29. The topological polar surface area (TPSA) is 12.0 Å². The summed E-state index contributed by atoms with van der Waals surface area (Å²) in [6.07, 6.45) is 0. The van der Waals surface area contributed by atoms with Crippen molar-refractivity contribution in [3.8, 4) is 0 Å². The molecule has 1 nitrogen and oxygen atoms in total. The Hall–Kier alpha value is -0.530. The number of benzene rings is 1. The van der Waals surface area contributed by atoms with E-state index in [0.717, 1.165) is 11.6 Å². The van der Waals surface area contributed by atoms with Crippen LogP contribution >= 0.6 is 11.6 Å². The van der Waals surface area contributed by atoms with Gasteiger partial charge in [-0.1, -0.05) is 30.7 Å². The molecule has 1 atom stereocenters. The van der Waals surface area contributed by atoms with E-state index >= 15 is 0 Å². The maximum Gasteiger partial charge on any atom is 0.0408 e. The standard InChI is InChI=1S/C10H14ClN/c1-8(7-12-2)9-4-3-5-10(11)6-9/h3-6,8,12H,7H2,1-2H3. The Balaban J connectivity index is 2.73. The second kappa shape index (κ2) is 4.48. The molecule has 0 saturated carbocycles. The number of halogens is 1. The van der Waals surface area contributed by atoms with Gasteiger partial charge in [-0.05, 0) is 30.7 Å². The number of rotatable bonds is 3. The first kappa shape index (κ1) is 9.56. The molecule has 0 bridgehead atoms. The monoisotopic (exact) mass is 183 g/mol. The van der Waals surface area contributed by atoms with Crippen molar-refractivity contribution in [2.75, 3.05) is 13.6 Å². The largest absolute Gasteiger partial charge is 0.319 e. The third kappa shape index (κ3) is 2.50. The predicted molar refractivity (Wildman–Crippen MR) is 53.8 cm³/mol. The van der Waals surface area contributed by atoms with Crippen molar-refractivity contribution < 1.29 is 0 Å². The van der Waals surface area contributed by atoms with Gasteiger partial charge in [0.2, 0.25) is 0 Å². The molecule has 0 fully saturated rings. The molecule has 2 heteroatoms. The number of hydrogen-bond acceptors (Lipinski definition) is 1. The first-order valence-corrected chi connectivity index (χ1v) is 4.52. The van der Waals surface area contributed by atoms with Crippen LogP contribution in [0.2, 0.25) is 5.02 Å². The van der Waals surface area contributed by atoms with Crippen molar-refractivity contribution in [1.29, 1.82) is 0 Å². The minimum Gasteiger partial charge on any atom is -0.319 e. The average Bonchev–Trinajstić information content (AvgIpc) is 2.05. The summed E-state index contributed by atoms with van der Waals surface area (Å²) in [5.74, 6) is 0.522. The fourth-order valence-electron chi connectivity index (χ4n) is 1.24. The molecule has 0 heterocycles. The summed E-state index contributed by atoms with van der Waals surface area (Å²) in [4.78, 5) is 0. The fraction of sp³-hybridized carbons (Fsp3) is 0.400. The predicted octanol–water partition coefficient (Wildman–Crippen LogP) is 2.66. The molecule has 0 aliphatic heterocycles. The van der Waals surface area contributed by atoms with Crippen LogP contribution in [0.4, 0.5) is 0 Å². The Bertz CT molecular complexity index is 247. The molecule has 1 aromatic rings. The van der Waals surface area contributed by atoms with Gasteiger partial charge in [-0.15, -0.1) is 0 Å². The highest BCUT2D eigenvalue weighted by molar-refractivity contribution is 6.30. The SMILES string of the molecule is CNCC(C)c1cccc(Cl)c1. The van der Waals surface area contributed by atoms with E-state index in [1.807, 2.05) is 25.2 Å². The minimum absolute atomic E-state index is 0.522. The van der Waals surface area contributed by atoms with Gasteiger partial charge in [-0.3, -0.25) is 0 Å². The summed E-state index contributed by atoms with van der Waals surface area (Å²) in [6.45, 7) is 3.17. The fourth-order valence-corrected chi connectivity index (χ4v) is 1.44. The molecular formula is C10H14ClN. The van der Waals surface area contributed by atoms with E-state index in [1.165, 1.54) is 5.56 Å². The van der Waals surface area contributed by atoms with E-state index < -0.39 is 0 Å². The van der Waals surface area contributed by atoms with Crippen LogP contribution in [0.15, 0.2) is 24.3 Å². The Morgan fingerprint density at radius 2 is 2.25 bits per heavy atom. The lowest BCUT2D eigenvalue weighted by Gasteiger charge is -2.10. The van der Waals surface area contributed by atoms with Gasteiger partial charge in [0.1, 0.15) is 0 Å². The lowest BCUT2D eigenvalue weighted by atomic mass is 10.0. The van der Waals surface area contributed by atoms with Crippen LogP contribution in [0.3, 0.4) is 0 Å². The maximum atomic E-state index is 5.87. The zero-order valence-electron chi connectivity index (χ0n) is 7.47. The van der Waals surface area contributed by atoms with E-state index in [4.69, 9.17) is 11.6 Å². The molecule has 1 unspecified atom stereocenters. The molecule has 12 heavy (non-hydrogen) atoms. The van der Waals surface area contributed by atoms with E-state index in [0.29, 0.717) is 5.92 Å². The zero-order valence-corrected chi connectivity index (χ0v) is 8.23. The van der Waals surface area contributed by atoms with Gasteiger partial charge >= 0.3 is 0 Å². The van der Waals surface area contributed by atoms with Gasteiger partial charge in [-0.25, -0.2) is 0 Å². The van der Waals surface area contributed by atoms with Crippen LogP contribution < -0.4 is 5.32 Å². The smallest absolute Gasteiger partial charge is 0.0408 e. The zero-order chi connectivity index (χ0) is 8.97. The second-order valence-corrected chi connectivity index (χ2v) is 3.45. The molecule has 1 rings (SSSR count). The molecule has 0 spiro atoms. The van der Waals surface area contributed by atoms with Crippen LogP contribution in [0.5, 0.6) is 0 Å². The second-order valence-electron chi connectivity index (χ2n) is 3.01. The van der Waals surface area contributed by atoms with Gasteiger partial charge in [0.05, 0.1) is 0 Å². The first-order chi connectivity index (χ1) is 5.74. The molecule has 0 saturated heterocycles. The van der Waals surface area contributed by atoms with Gasteiger partial charge in [-0.2, -0.15) is 0 Å². The van der Waals surface area contributed by atoms with Gasteiger partial charge in [0.25, 0.3) is 0 Å². The first-order valence-electron chi connectivity index (χ1n) is 4.14. The summed E-state index contributed by atoms with van der Waals surface area (Å²) < 4.78 is 0. The summed E-state index contributed by atoms with van der Waals surface area (Å²) in [5, 5.41) is 3.96. The van der Waals surface area contributed by atoms with Crippen LogP contribution in [-0.2, 0) is 0 Å². The lowest BCUT2D eigenvalue weighted by molar-refractivity contribution is 0.678. The van der Waals surface area contributed by atoms with E-state index in [9.17, 15) is 0 Å². The molecule has 0 amide bonds. The molecule has 0 aromatic heterocycles. The summed E-state index contributed by atoms with van der Waals surface area (Å²) in [6, 6.07) is 8.01. The van der Waals surface area contributed by atoms with Crippen molar-refractivity contribution in [2.45, 2.75) is 12.8 Å². The molecule has 0 radical (unpaired) electrons. The third-order valence-corrected chi connectivity index (χ3v) is 2.16. The maximum absolute atomic E-state index is 5.87. The van der Waals surface area contributed by atoms with Crippen LogP contribution in [-0.4, -0.2) is 13.6 Å². The summed E-state index contributed by atoms with van der Waals surface area (Å²) >= 11 is 5.87. The molecule has 0 aliphatic rings. The van der Waals surface area contributed by atoms with Crippen LogP contribution in [0, 0.1) is 0 Å². The Morgan fingerprint density at radius 3 is 2.83 bits per heavy atom. The Morgan fingerprint density at radius 1 is 1.50 bits per heavy atom. The Labute approximate surface area is 78.7 Å². The average molecular weight is 184 g/mol. The van der Waals surface area contributed by atoms with Gasteiger partial charge < -0.3 is 5.32 Å².